The lowest BCUT2D eigenvalue weighted by molar-refractivity contribution is 0.405. The highest BCUT2D eigenvalue weighted by Crippen LogP contribution is 2.35. The van der Waals surface area contributed by atoms with Gasteiger partial charge < -0.3 is 10.3 Å². The van der Waals surface area contributed by atoms with Crippen molar-refractivity contribution in [1.82, 2.24) is 30.1 Å². The standard InChI is InChI=1S/C30H27N7S/c1-18(19-5-3-2-4-6-19)34-22-11-21(14-31-15-22)26-12-24-28(16-33-26)36-37-30(24)27-13-23-25(35-27)7-9-32-29(23)20-8-10-38-17-20/h7-17,19,34-35H,1-6H2,(H,36,37). The van der Waals surface area contributed by atoms with Crippen LogP contribution in [0.4, 0.5) is 5.69 Å². The quantitative estimate of drug-likeness (QED) is 0.209. The Kier molecular flexibility index (Phi) is 5.74. The summed E-state index contributed by atoms with van der Waals surface area (Å²) in [5.41, 5.74) is 9.60. The minimum absolute atomic E-state index is 0.530. The Morgan fingerprint density at radius 3 is 2.68 bits per heavy atom. The summed E-state index contributed by atoms with van der Waals surface area (Å²) in [4.78, 5) is 17.4. The first-order valence-electron chi connectivity index (χ1n) is 13.0. The molecule has 6 aromatic heterocycles. The van der Waals surface area contributed by atoms with Gasteiger partial charge in [0.25, 0.3) is 0 Å². The molecular formula is C30H27N7S. The molecule has 0 unspecified atom stereocenters. The van der Waals surface area contributed by atoms with E-state index >= 15 is 0 Å². The van der Waals surface area contributed by atoms with E-state index in [2.05, 4.69) is 72.1 Å². The summed E-state index contributed by atoms with van der Waals surface area (Å²) in [5.74, 6) is 0.530. The zero-order valence-corrected chi connectivity index (χ0v) is 21.7. The van der Waals surface area contributed by atoms with Crippen LogP contribution >= 0.6 is 11.3 Å². The number of pyridine rings is 3. The minimum atomic E-state index is 0.530. The topological polar surface area (TPSA) is 95.2 Å². The summed E-state index contributed by atoms with van der Waals surface area (Å²) in [7, 11) is 0. The first-order valence-corrected chi connectivity index (χ1v) is 13.9. The highest BCUT2D eigenvalue weighted by molar-refractivity contribution is 7.08. The molecule has 7 rings (SSSR count). The van der Waals surface area contributed by atoms with Gasteiger partial charge >= 0.3 is 0 Å². The Labute approximate surface area is 224 Å². The lowest BCUT2D eigenvalue weighted by atomic mass is 9.87. The van der Waals surface area contributed by atoms with Gasteiger partial charge in [0.1, 0.15) is 5.69 Å². The molecule has 1 fully saturated rings. The van der Waals surface area contributed by atoms with E-state index < -0.39 is 0 Å². The van der Waals surface area contributed by atoms with Gasteiger partial charge in [0.15, 0.2) is 0 Å². The summed E-state index contributed by atoms with van der Waals surface area (Å²) in [5, 5.41) is 17.6. The smallest absolute Gasteiger partial charge is 0.116 e. The van der Waals surface area contributed by atoms with Crippen LogP contribution < -0.4 is 5.32 Å². The zero-order valence-electron chi connectivity index (χ0n) is 20.9. The van der Waals surface area contributed by atoms with Crippen LogP contribution in [0.3, 0.4) is 0 Å². The number of aromatic nitrogens is 6. The molecule has 38 heavy (non-hydrogen) atoms. The lowest BCUT2D eigenvalue weighted by Gasteiger charge is -2.24. The fraction of sp³-hybridized carbons (Fsp3) is 0.200. The third kappa shape index (κ3) is 4.16. The van der Waals surface area contributed by atoms with Crippen LogP contribution in [0.1, 0.15) is 32.1 Å². The van der Waals surface area contributed by atoms with E-state index in [0.29, 0.717) is 5.92 Å². The summed E-state index contributed by atoms with van der Waals surface area (Å²) in [6.07, 6.45) is 13.7. The Balaban J connectivity index is 1.23. The van der Waals surface area contributed by atoms with Crippen LogP contribution in [0.2, 0.25) is 0 Å². The van der Waals surface area contributed by atoms with Crippen LogP contribution in [0, 0.1) is 5.92 Å². The predicted molar refractivity (Wildman–Crippen MR) is 155 cm³/mol. The minimum Gasteiger partial charge on any atom is -0.358 e. The number of anilines is 1. The molecule has 8 heteroatoms. The second-order valence-electron chi connectivity index (χ2n) is 9.95. The number of aromatic amines is 2. The first kappa shape index (κ1) is 22.9. The molecule has 188 valence electrons. The number of hydrogen-bond donors (Lipinski definition) is 3. The van der Waals surface area contributed by atoms with Crippen LogP contribution in [-0.2, 0) is 0 Å². The number of hydrogen-bond acceptors (Lipinski definition) is 6. The Hall–Kier alpha value is -4.30. The number of thiophene rings is 1. The van der Waals surface area contributed by atoms with Crippen LogP contribution in [0.5, 0.6) is 0 Å². The third-order valence-electron chi connectivity index (χ3n) is 7.48. The maximum Gasteiger partial charge on any atom is 0.116 e. The van der Waals surface area contributed by atoms with Crippen molar-refractivity contribution in [3.63, 3.8) is 0 Å². The van der Waals surface area contributed by atoms with Gasteiger partial charge in [-0.25, -0.2) is 0 Å². The average molecular weight is 518 g/mol. The molecule has 0 aliphatic heterocycles. The van der Waals surface area contributed by atoms with E-state index in [-0.39, 0.29) is 0 Å². The van der Waals surface area contributed by atoms with E-state index in [1.54, 1.807) is 11.3 Å². The molecular weight excluding hydrogens is 490 g/mol. The van der Waals surface area contributed by atoms with Crippen molar-refractivity contribution < 1.29 is 0 Å². The SMILES string of the molecule is C=C(Nc1cncc(-c2cc3c(-c4cc5c(-c6ccsc6)nccc5[nH]4)n[nH]c3cn2)c1)C1CCCCC1. The predicted octanol–water partition coefficient (Wildman–Crippen LogP) is 7.80. The van der Waals surface area contributed by atoms with Gasteiger partial charge in [-0.05, 0) is 54.5 Å². The van der Waals surface area contributed by atoms with Crippen molar-refractivity contribution >= 4 is 38.8 Å². The molecule has 0 radical (unpaired) electrons. The molecule has 0 amide bonds. The summed E-state index contributed by atoms with van der Waals surface area (Å²) in [6, 6.07) is 10.4. The van der Waals surface area contributed by atoms with Crippen molar-refractivity contribution in [3.05, 3.63) is 78.2 Å². The van der Waals surface area contributed by atoms with Crippen LogP contribution in [0.15, 0.2) is 78.2 Å². The highest BCUT2D eigenvalue weighted by Gasteiger charge is 2.18. The summed E-state index contributed by atoms with van der Waals surface area (Å²) >= 11 is 1.67. The van der Waals surface area contributed by atoms with E-state index in [4.69, 9.17) is 4.98 Å². The molecule has 0 aromatic carbocycles. The second-order valence-corrected chi connectivity index (χ2v) is 10.7. The van der Waals surface area contributed by atoms with Gasteiger partial charge in [0.05, 0.1) is 40.7 Å². The largest absolute Gasteiger partial charge is 0.358 e. The van der Waals surface area contributed by atoms with E-state index in [1.807, 2.05) is 30.9 Å². The molecule has 6 aromatic rings. The van der Waals surface area contributed by atoms with Gasteiger partial charge in [-0.3, -0.25) is 20.1 Å². The van der Waals surface area contributed by atoms with E-state index in [1.165, 1.54) is 32.1 Å². The second kappa shape index (κ2) is 9.54. The van der Waals surface area contributed by atoms with Crippen LogP contribution in [0.25, 0.3) is 55.7 Å². The normalized spacial score (nSPS) is 14.3. The molecule has 1 aliphatic carbocycles. The number of rotatable bonds is 6. The molecule has 3 N–H and O–H groups in total. The number of allylic oxidation sites excluding steroid dienone is 1. The maximum absolute atomic E-state index is 4.70. The molecule has 6 heterocycles. The Bertz CT molecular complexity index is 1760. The zero-order chi connectivity index (χ0) is 25.5. The fourth-order valence-corrected chi connectivity index (χ4v) is 6.12. The van der Waals surface area contributed by atoms with Gasteiger partial charge in [0, 0.05) is 50.9 Å². The van der Waals surface area contributed by atoms with Gasteiger partial charge in [0.2, 0.25) is 0 Å². The van der Waals surface area contributed by atoms with Crippen molar-refractivity contribution in [1.29, 1.82) is 0 Å². The number of nitrogens with one attached hydrogen (secondary N) is 3. The Morgan fingerprint density at radius 1 is 0.921 bits per heavy atom. The number of nitrogens with zero attached hydrogens (tertiary/aromatic N) is 4. The molecule has 0 atom stereocenters. The number of H-pyrrole nitrogens is 2. The van der Waals surface area contributed by atoms with E-state index in [0.717, 1.165) is 67.1 Å². The highest BCUT2D eigenvalue weighted by atomic mass is 32.1. The van der Waals surface area contributed by atoms with E-state index in [9.17, 15) is 0 Å². The molecule has 1 aliphatic rings. The molecule has 0 saturated heterocycles. The maximum atomic E-state index is 4.70. The van der Waals surface area contributed by atoms with Crippen molar-refractivity contribution in [2.75, 3.05) is 5.32 Å². The van der Waals surface area contributed by atoms with Crippen molar-refractivity contribution in [2.24, 2.45) is 5.92 Å². The molecule has 0 spiro atoms. The fourth-order valence-electron chi connectivity index (χ4n) is 5.48. The monoisotopic (exact) mass is 517 g/mol. The molecule has 0 bridgehead atoms. The third-order valence-corrected chi connectivity index (χ3v) is 8.17. The number of fused-ring (bicyclic) bond motifs is 2. The summed E-state index contributed by atoms with van der Waals surface area (Å²) < 4.78 is 0. The molecule has 1 saturated carbocycles. The first-order chi connectivity index (χ1) is 18.7. The molecule has 7 nitrogen and oxygen atoms in total. The van der Waals surface area contributed by atoms with Gasteiger partial charge in [-0.1, -0.05) is 25.8 Å². The lowest BCUT2D eigenvalue weighted by Crippen LogP contribution is -2.14. The van der Waals surface area contributed by atoms with Crippen LogP contribution in [-0.4, -0.2) is 30.1 Å². The average Bonchev–Trinajstić information content (AvgIpc) is 3.73. The van der Waals surface area contributed by atoms with Crippen molar-refractivity contribution in [3.8, 4) is 33.9 Å². The Morgan fingerprint density at radius 2 is 1.82 bits per heavy atom. The van der Waals surface area contributed by atoms with Gasteiger partial charge in [-0.2, -0.15) is 16.4 Å². The van der Waals surface area contributed by atoms with Crippen molar-refractivity contribution in [2.45, 2.75) is 32.1 Å². The summed E-state index contributed by atoms with van der Waals surface area (Å²) in [6.45, 7) is 4.32. The van der Waals surface area contributed by atoms with Gasteiger partial charge in [-0.15, -0.1) is 0 Å².